The van der Waals surface area contributed by atoms with Crippen LogP contribution in [0.25, 0.3) is 0 Å². The fraction of sp³-hybridized carbons (Fsp3) is 0.483. The Kier molecular flexibility index (Phi) is 11.0. The van der Waals surface area contributed by atoms with Crippen molar-refractivity contribution in [2.45, 2.75) is 79.0 Å². The van der Waals surface area contributed by atoms with Gasteiger partial charge < -0.3 is 20.3 Å². The van der Waals surface area contributed by atoms with Gasteiger partial charge in [-0.25, -0.2) is 4.79 Å². The van der Waals surface area contributed by atoms with E-state index in [-0.39, 0.29) is 17.6 Å². The van der Waals surface area contributed by atoms with Crippen LogP contribution in [-0.4, -0.2) is 46.7 Å². The number of para-hydroxylation sites is 1. The second-order valence-corrected chi connectivity index (χ2v) is 10.7. The number of aryl methyl sites for hydroxylation is 3. The summed E-state index contributed by atoms with van der Waals surface area (Å²) in [6, 6.07) is 11.5. The van der Waals surface area contributed by atoms with Crippen LogP contribution < -0.4 is 10.6 Å². The van der Waals surface area contributed by atoms with Crippen LogP contribution in [0.3, 0.4) is 0 Å². The Morgan fingerprint density at radius 3 is 2.30 bits per heavy atom. The number of nitrogens with zero attached hydrogens (tertiary/aromatic N) is 1. The van der Waals surface area contributed by atoms with E-state index < -0.39 is 23.8 Å². The number of unbranched alkanes of at least 4 members (excludes halogenated alkanes) is 1. The lowest BCUT2D eigenvalue weighted by Gasteiger charge is -2.35. The summed E-state index contributed by atoms with van der Waals surface area (Å²) in [7, 11) is 0. The normalized spacial score (nSPS) is 12.9. The lowest BCUT2D eigenvalue weighted by Crippen LogP contribution is -2.53. The number of carbonyl (C=O) groups is 3. The van der Waals surface area contributed by atoms with E-state index in [1.165, 1.54) is 0 Å². The molecular weight excluding hydrogens is 486 g/mol. The molecule has 0 aromatic heterocycles. The average Bonchev–Trinajstić information content (AvgIpc) is 2.82. The molecule has 0 radical (unpaired) electrons. The third-order valence-corrected chi connectivity index (χ3v) is 6.26. The molecule has 2 aromatic carbocycles. The minimum absolute atomic E-state index is 0.0552. The van der Waals surface area contributed by atoms with Crippen molar-refractivity contribution in [2.24, 2.45) is 0 Å². The first-order valence-corrected chi connectivity index (χ1v) is 13.4. The zero-order valence-corrected chi connectivity index (χ0v) is 23.9. The Bertz CT molecular complexity index is 1100. The number of alkyl carbamates (subject to hydrolysis) is 1. The van der Waals surface area contributed by atoms with Gasteiger partial charge in [-0.05, 0) is 70.7 Å². The van der Waals surface area contributed by atoms with Gasteiger partial charge in [0.2, 0.25) is 5.91 Å². The second kappa shape index (κ2) is 13.5. The van der Waals surface area contributed by atoms with Gasteiger partial charge in [0.1, 0.15) is 17.7 Å². The number of hydrogen-bond acceptors (Lipinski definition) is 5. The van der Waals surface area contributed by atoms with Gasteiger partial charge in [0, 0.05) is 18.0 Å². The number of hydrogen-bond donors (Lipinski definition) is 3. The third-order valence-electron chi connectivity index (χ3n) is 5.90. The topological polar surface area (TPSA) is 87.7 Å². The molecule has 2 N–H and O–H groups in total. The van der Waals surface area contributed by atoms with Crippen molar-refractivity contribution >= 4 is 36.2 Å². The number of rotatable bonds is 10. The summed E-state index contributed by atoms with van der Waals surface area (Å²) >= 11 is 4.35. The molecule has 0 spiro atoms. The van der Waals surface area contributed by atoms with Crippen molar-refractivity contribution in [3.05, 3.63) is 64.7 Å². The van der Waals surface area contributed by atoms with Gasteiger partial charge in [0.15, 0.2) is 0 Å². The Balaban J connectivity index is 2.53. The molecule has 2 aromatic rings. The summed E-state index contributed by atoms with van der Waals surface area (Å²) < 4.78 is 5.37. The second-order valence-electron chi connectivity index (χ2n) is 10.3. The van der Waals surface area contributed by atoms with E-state index >= 15 is 0 Å². The Hall–Kier alpha value is -3.00. The molecule has 37 heavy (non-hydrogen) atoms. The number of nitrogens with one attached hydrogen (secondary N) is 2. The summed E-state index contributed by atoms with van der Waals surface area (Å²) in [5.74, 6) is -0.651. The number of ether oxygens (including phenoxy) is 1. The molecule has 0 saturated carbocycles. The van der Waals surface area contributed by atoms with Gasteiger partial charge in [-0.3, -0.25) is 9.59 Å². The van der Waals surface area contributed by atoms with Crippen molar-refractivity contribution in [2.75, 3.05) is 17.6 Å². The van der Waals surface area contributed by atoms with Crippen LogP contribution in [0.5, 0.6) is 0 Å². The zero-order chi connectivity index (χ0) is 27.8. The van der Waals surface area contributed by atoms with Gasteiger partial charge in [-0.15, -0.1) is 0 Å². The van der Waals surface area contributed by atoms with Crippen molar-refractivity contribution in [1.29, 1.82) is 0 Å². The summed E-state index contributed by atoms with van der Waals surface area (Å²) in [6.45, 7) is 13.4. The van der Waals surface area contributed by atoms with Gasteiger partial charge in [-0.2, -0.15) is 12.6 Å². The van der Waals surface area contributed by atoms with E-state index in [1.807, 2.05) is 70.2 Å². The van der Waals surface area contributed by atoms with Crippen LogP contribution >= 0.6 is 12.6 Å². The Morgan fingerprint density at radius 2 is 1.70 bits per heavy atom. The van der Waals surface area contributed by atoms with Gasteiger partial charge in [0.25, 0.3) is 5.91 Å². The summed E-state index contributed by atoms with van der Waals surface area (Å²) in [5, 5.41) is 5.68. The van der Waals surface area contributed by atoms with E-state index in [0.717, 1.165) is 28.7 Å². The molecule has 0 aliphatic rings. The number of thiol groups is 1. The molecule has 0 aliphatic heterocycles. The summed E-state index contributed by atoms with van der Waals surface area (Å²) in [5.41, 5.74) is 3.50. The molecule has 0 aliphatic carbocycles. The highest BCUT2D eigenvalue weighted by Crippen LogP contribution is 2.29. The summed E-state index contributed by atoms with van der Waals surface area (Å²) in [4.78, 5) is 41.9. The highest BCUT2D eigenvalue weighted by Gasteiger charge is 2.36. The van der Waals surface area contributed by atoms with Crippen molar-refractivity contribution < 1.29 is 19.1 Å². The smallest absolute Gasteiger partial charge is 0.408 e. The van der Waals surface area contributed by atoms with Crippen LogP contribution in [0, 0.1) is 20.8 Å². The predicted octanol–water partition coefficient (Wildman–Crippen LogP) is 5.74. The molecule has 0 heterocycles. The highest BCUT2D eigenvalue weighted by molar-refractivity contribution is 7.80. The molecule has 202 valence electrons. The van der Waals surface area contributed by atoms with Crippen LogP contribution in [0.2, 0.25) is 0 Å². The van der Waals surface area contributed by atoms with Crippen molar-refractivity contribution in [1.82, 2.24) is 10.2 Å². The van der Waals surface area contributed by atoms with E-state index in [0.29, 0.717) is 18.7 Å². The standard InChI is InChI=1S/C29H41N3O4S/c1-8-9-16-32(27(34)24(18-37)31-28(35)36-29(5,6)7)25(22-17-19(2)14-15-20(22)3)26(33)30-23-13-11-10-12-21(23)4/h10-15,17,24-25,37H,8-9,16,18H2,1-7H3,(H,30,33)(H,31,35). The molecule has 8 heteroatoms. The number of amides is 3. The zero-order valence-electron chi connectivity index (χ0n) is 23.1. The van der Waals surface area contributed by atoms with E-state index in [4.69, 9.17) is 4.74 Å². The molecule has 2 unspecified atom stereocenters. The maximum atomic E-state index is 13.9. The van der Waals surface area contributed by atoms with Gasteiger partial charge in [-0.1, -0.05) is 55.3 Å². The fourth-order valence-corrected chi connectivity index (χ4v) is 4.20. The highest BCUT2D eigenvalue weighted by atomic mass is 32.1. The maximum absolute atomic E-state index is 13.9. The van der Waals surface area contributed by atoms with Crippen LogP contribution in [0.4, 0.5) is 10.5 Å². The molecule has 0 bridgehead atoms. The van der Waals surface area contributed by atoms with Crippen LogP contribution in [0.15, 0.2) is 42.5 Å². The minimum Gasteiger partial charge on any atom is -0.444 e. The quantitative estimate of drug-likeness (QED) is 0.344. The fourth-order valence-electron chi connectivity index (χ4n) is 3.95. The van der Waals surface area contributed by atoms with Gasteiger partial charge >= 0.3 is 6.09 Å². The van der Waals surface area contributed by atoms with Crippen molar-refractivity contribution in [3.63, 3.8) is 0 Å². The predicted molar refractivity (Wildman–Crippen MR) is 152 cm³/mol. The van der Waals surface area contributed by atoms with E-state index in [2.05, 4.69) is 23.3 Å². The first-order chi connectivity index (χ1) is 17.4. The molecule has 0 fully saturated rings. The molecule has 2 atom stereocenters. The molecule has 2 rings (SSSR count). The largest absolute Gasteiger partial charge is 0.444 e. The van der Waals surface area contributed by atoms with Crippen LogP contribution in [-0.2, 0) is 14.3 Å². The molecule has 3 amide bonds. The van der Waals surface area contributed by atoms with Gasteiger partial charge in [0.05, 0.1) is 0 Å². The molecular formula is C29H41N3O4S. The molecule has 0 saturated heterocycles. The third kappa shape index (κ3) is 8.81. The maximum Gasteiger partial charge on any atom is 0.408 e. The number of anilines is 1. The lowest BCUT2D eigenvalue weighted by atomic mass is 9.95. The average molecular weight is 528 g/mol. The molecule has 7 nitrogen and oxygen atoms in total. The van der Waals surface area contributed by atoms with Crippen molar-refractivity contribution in [3.8, 4) is 0 Å². The minimum atomic E-state index is -0.964. The monoisotopic (exact) mass is 527 g/mol. The number of carbonyl (C=O) groups excluding carboxylic acids is 3. The summed E-state index contributed by atoms with van der Waals surface area (Å²) in [6.07, 6.45) is 0.813. The van der Waals surface area contributed by atoms with E-state index in [9.17, 15) is 14.4 Å². The Labute approximate surface area is 226 Å². The number of benzene rings is 2. The lowest BCUT2D eigenvalue weighted by molar-refractivity contribution is -0.140. The Morgan fingerprint density at radius 1 is 1.03 bits per heavy atom. The SMILES string of the molecule is CCCCN(C(=O)C(CS)NC(=O)OC(C)(C)C)C(C(=O)Nc1ccccc1C)c1cc(C)ccc1C. The first kappa shape index (κ1) is 30.2. The van der Waals surface area contributed by atoms with Crippen LogP contribution in [0.1, 0.15) is 68.8 Å². The van der Waals surface area contributed by atoms with E-state index in [1.54, 1.807) is 25.7 Å². The first-order valence-electron chi connectivity index (χ1n) is 12.7.